The maximum Gasteiger partial charge on any atom is 0.326 e. The zero-order chi connectivity index (χ0) is 22.2. The first-order chi connectivity index (χ1) is 15.0. The van der Waals surface area contributed by atoms with Crippen LogP contribution in [0.25, 0.3) is 6.08 Å². The number of halogens is 1. The van der Waals surface area contributed by atoms with Crippen molar-refractivity contribution in [2.75, 3.05) is 11.9 Å². The van der Waals surface area contributed by atoms with Gasteiger partial charge in [0.2, 0.25) is 5.95 Å². The van der Waals surface area contributed by atoms with Gasteiger partial charge >= 0.3 is 5.97 Å². The van der Waals surface area contributed by atoms with Crippen molar-refractivity contribution in [2.45, 2.75) is 12.5 Å². The van der Waals surface area contributed by atoms with Gasteiger partial charge in [0.25, 0.3) is 5.91 Å². The monoisotopic (exact) mass is 436 g/mol. The summed E-state index contributed by atoms with van der Waals surface area (Å²) < 4.78 is 0. The molecular weight excluding hydrogens is 416 g/mol. The first kappa shape index (κ1) is 22.0. The minimum absolute atomic E-state index is 0.130. The van der Waals surface area contributed by atoms with Gasteiger partial charge in [-0.2, -0.15) is 0 Å². The van der Waals surface area contributed by atoms with E-state index < -0.39 is 17.9 Å². The fourth-order valence-corrected chi connectivity index (χ4v) is 3.05. The van der Waals surface area contributed by atoms with Crippen LogP contribution in [-0.2, 0) is 4.79 Å². The van der Waals surface area contributed by atoms with E-state index in [9.17, 15) is 14.7 Å². The van der Waals surface area contributed by atoms with Crippen molar-refractivity contribution < 1.29 is 14.7 Å². The molecular formula is C23H21ClN4O3. The quantitative estimate of drug-likeness (QED) is 0.550. The molecule has 0 aliphatic rings. The number of carbonyl (C=O) groups is 2. The lowest BCUT2D eigenvalue weighted by atomic mass is 10.1. The van der Waals surface area contributed by atoms with E-state index in [0.717, 1.165) is 11.3 Å². The first-order valence-corrected chi connectivity index (χ1v) is 9.89. The number of carboxylic acids is 1. The van der Waals surface area contributed by atoms with E-state index in [2.05, 4.69) is 15.3 Å². The molecule has 158 valence electrons. The Bertz CT molecular complexity index is 1070. The van der Waals surface area contributed by atoms with E-state index in [1.807, 2.05) is 36.2 Å². The molecule has 1 amide bonds. The summed E-state index contributed by atoms with van der Waals surface area (Å²) in [6, 6.07) is 14.8. The van der Waals surface area contributed by atoms with Crippen LogP contribution in [0.1, 0.15) is 22.3 Å². The molecule has 1 aromatic heterocycles. The molecule has 0 unspecified atom stereocenters. The summed E-state index contributed by atoms with van der Waals surface area (Å²) >= 11 is 6.01. The zero-order valence-electron chi connectivity index (χ0n) is 16.8. The third-order valence-corrected chi connectivity index (χ3v) is 4.87. The van der Waals surface area contributed by atoms with E-state index in [-0.39, 0.29) is 17.0 Å². The Balaban J connectivity index is 1.62. The normalized spacial score (nSPS) is 11.8. The Morgan fingerprint density at radius 3 is 2.42 bits per heavy atom. The molecule has 1 atom stereocenters. The molecule has 3 rings (SSSR count). The van der Waals surface area contributed by atoms with Crippen molar-refractivity contribution in [3.8, 4) is 0 Å². The molecule has 0 fully saturated rings. The number of hydrogen-bond donors (Lipinski definition) is 2. The molecule has 0 bridgehead atoms. The lowest BCUT2D eigenvalue weighted by molar-refractivity contribution is -0.139. The van der Waals surface area contributed by atoms with Crippen LogP contribution in [-0.4, -0.2) is 40.0 Å². The van der Waals surface area contributed by atoms with Crippen molar-refractivity contribution in [1.82, 2.24) is 15.3 Å². The minimum Gasteiger partial charge on any atom is -0.480 e. The molecule has 7 nitrogen and oxygen atoms in total. The molecule has 1 heterocycles. The van der Waals surface area contributed by atoms with Crippen molar-refractivity contribution in [2.24, 2.45) is 0 Å². The highest BCUT2D eigenvalue weighted by atomic mass is 35.5. The molecule has 0 saturated carbocycles. The number of nitrogens with one attached hydrogen (secondary N) is 1. The number of nitrogens with zero attached hydrogens (tertiary/aromatic N) is 3. The van der Waals surface area contributed by atoms with Gasteiger partial charge in [0.05, 0.1) is 10.6 Å². The molecule has 2 N–H and O–H groups in total. The van der Waals surface area contributed by atoms with Crippen LogP contribution in [0.2, 0.25) is 5.02 Å². The molecule has 0 aliphatic carbocycles. The van der Waals surface area contributed by atoms with Gasteiger partial charge in [-0.05, 0) is 42.3 Å². The molecule has 0 spiro atoms. The smallest absolute Gasteiger partial charge is 0.326 e. The van der Waals surface area contributed by atoms with Crippen LogP contribution in [0.3, 0.4) is 0 Å². The summed E-state index contributed by atoms with van der Waals surface area (Å²) in [6.45, 7) is 0. The molecule has 0 aliphatic heterocycles. The summed E-state index contributed by atoms with van der Waals surface area (Å²) in [5.74, 6) is -1.06. The summed E-state index contributed by atoms with van der Waals surface area (Å²) in [5.41, 5.74) is 2.05. The third kappa shape index (κ3) is 5.90. The highest BCUT2D eigenvalue weighted by Crippen LogP contribution is 2.20. The summed E-state index contributed by atoms with van der Waals surface area (Å²) in [5, 5.41) is 12.2. The zero-order valence-corrected chi connectivity index (χ0v) is 17.5. The Kier molecular flexibility index (Phi) is 7.35. The van der Waals surface area contributed by atoms with E-state index in [4.69, 9.17) is 11.6 Å². The van der Waals surface area contributed by atoms with Gasteiger partial charge in [-0.25, -0.2) is 14.8 Å². The third-order valence-electron chi connectivity index (χ3n) is 4.54. The van der Waals surface area contributed by atoms with Crippen LogP contribution in [0.5, 0.6) is 0 Å². The van der Waals surface area contributed by atoms with Gasteiger partial charge in [0.1, 0.15) is 6.04 Å². The van der Waals surface area contributed by atoms with Gasteiger partial charge in [-0.3, -0.25) is 4.79 Å². The number of anilines is 2. The number of benzene rings is 2. The van der Waals surface area contributed by atoms with E-state index in [1.165, 1.54) is 0 Å². The van der Waals surface area contributed by atoms with Crippen LogP contribution in [0.15, 0.2) is 73.1 Å². The number of amides is 1. The fourth-order valence-electron chi connectivity index (χ4n) is 2.83. The van der Waals surface area contributed by atoms with Gasteiger partial charge < -0.3 is 15.3 Å². The van der Waals surface area contributed by atoms with E-state index >= 15 is 0 Å². The maximum absolute atomic E-state index is 12.3. The summed E-state index contributed by atoms with van der Waals surface area (Å²) in [7, 11) is 1.87. The average Bonchev–Trinajstić information content (AvgIpc) is 2.79. The first-order valence-electron chi connectivity index (χ1n) is 9.51. The average molecular weight is 437 g/mol. The Hall–Kier alpha value is -3.71. The van der Waals surface area contributed by atoms with Gasteiger partial charge in [0.15, 0.2) is 0 Å². The van der Waals surface area contributed by atoms with Crippen LogP contribution < -0.4 is 10.2 Å². The largest absolute Gasteiger partial charge is 0.480 e. The Morgan fingerprint density at radius 2 is 1.77 bits per heavy atom. The minimum atomic E-state index is -1.12. The second-order valence-electron chi connectivity index (χ2n) is 6.68. The number of aromatic nitrogens is 2. The molecule has 0 radical (unpaired) electrons. The second kappa shape index (κ2) is 10.4. The van der Waals surface area contributed by atoms with Crippen molar-refractivity contribution in [1.29, 1.82) is 0 Å². The summed E-state index contributed by atoms with van der Waals surface area (Å²) in [4.78, 5) is 34.2. The van der Waals surface area contributed by atoms with Gasteiger partial charge in [0, 0.05) is 25.1 Å². The van der Waals surface area contributed by atoms with Crippen LogP contribution in [0, 0.1) is 0 Å². The Labute approximate surface area is 185 Å². The number of hydrogen-bond acceptors (Lipinski definition) is 5. The lowest BCUT2D eigenvalue weighted by Crippen LogP contribution is -2.40. The molecule has 0 saturated heterocycles. The van der Waals surface area contributed by atoms with Gasteiger partial charge in [-0.15, -0.1) is 0 Å². The fraction of sp³-hybridized carbons (Fsp3) is 0.130. The molecule has 31 heavy (non-hydrogen) atoms. The number of aliphatic carboxylic acids is 1. The highest BCUT2D eigenvalue weighted by Gasteiger charge is 2.20. The SMILES string of the molecule is CN(c1ccc(/C=C/C[C@H](NC(=O)c2ccccc2Cl)C(=O)O)cc1)c1ncccn1. The number of rotatable bonds is 8. The number of carbonyl (C=O) groups excluding carboxylic acids is 1. The van der Waals surface area contributed by atoms with Crippen molar-refractivity contribution >= 4 is 41.2 Å². The van der Waals surface area contributed by atoms with Crippen molar-refractivity contribution in [3.05, 3.63) is 89.2 Å². The predicted octanol–water partition coefficient (Wildman–Crippen LogP) is 4.18. The number of carboxylic acid groups (broad SMARTS) is 1. The molecule has 8 heteroatoms. The summed E-state index contributed by atoms with van der Waals surface area (Å²) in [6.07, 6.45) is 7.01. The van der Waals surface area contributed by atoms with Crippen molar-refractivity contribution in [3.63, 3.8) is 0 Å². The molecule has 2 aromatic carbocycles. The maximum atomic E-state index is 12.3. The Morgan fingerprint density at radius 1 is 1.10 bits per heavy atom. The lowest BCUT2D eigenvalue weighted by Gasteiger charge is -2.16. The van der Waals surface area contributed by atoms with Crippen LogP contribution in [0.4, 0.5) is 11.6 Å². The molecule has 3 aromatic rings. The standard InChI is InChI=1S/C23H21ClN4O3/c1-28(23-25-14-5-15-26-23)17-12-10-16(11-13-17)6-4-9-20(22(30)31)27-21(29)18-7-2-3-8-19(18)24/h2-8,10-15,20H,9H2,1H3,(H,27,29)(H,30,31)/b6-4+/t20-/m0/s1. The highest BCUT2D eigenvalue weighted by molar-refractivity contribution is 6.33. The van der Waals surface area contributed by atoms with Gasteiger partial charge in [-0.1, -0.05) is 48.0 Å². The van der Waals surface area contributed by atoms with E-state index in [1.54, 1.807) is 54.9 Å². The van der Waals surface area contributed by atoms with E-state index in [0.29, 0.717) is 5.95 Å². The van der Waals surface area contributed by atoms with Crippen LogP contribution >= 0.6 is 11.6 Å². The predicted molar refractivity (Wildman–Crippen MR) is 121 cm³/mol. The second-order valence-corrected chi connectivity index (χ2v) is 7.09. The topological polar surface area (TPSA) is 95.4 Å².